The van der Waals surface area contributed by atoms with E-state index < -0.39 is 0 Å². The molecule has 0 fully saturated rings. The average Bonchev–Trinajstić information content (AvgIpc) is 2.47. The Balaban J connectivity index is 2.08. The molecule has 2 aromatic rings. The normalized spacial score (nSPS) is 11.4. The van der Waals surface area contributed by atoms with Gasteiger partial charge in [-0.3, -0.25) is 0 Å². The Kier molecular flexibility index (Phi) is 4.84. The Bertz CT molecular complexity index is 607. The maximum absolute atomic E-state index is 4.18. The van der Waals surface area contributed by atoms with E-state index in [0.29, 0.717) is 0 Å². The number of thioether (sulfide) groups is 1. The summed E-state index contributed by atoms with van der Waals surface area (Å²) < 4.78 is 4.23. The molecule has 21 heavy (non-hydrogen) atoms. The van der Waals surface area contributed by atoms with Gasteiger partial charge in [0.2, 0.25) is 12.2 Å². The lowest BCUT2D eigenvalue weighted by Crippen LogP contribution is -2.42. The zero-order chi connectivity index (χ0) is 15.5. The molecule has 0 bridgehead atoms. The first-order valence-corrected chi connectivity index (χ1v) is 8.35. The highest BCUT2D eigenvalue weighted by Crippen LogP contribution is 2.20. The minimum atomic E-state index is 0.193. The first-order valence-electron chi connectivity index (χ1n) is 7.13. The van der Waals surface area contributed by atoms with E-state index in [1.165, 1.54) is 10.5 Å². The summed E-state index contributed by atoms with van der Waals surface area (Å²) in [4.78, 5) is 1.27. The SMILES string of the molecule is C=C(C[n+]1ccc(C(C)(C)C)cc1)[n+]1ccc(SC)cc1. The molecule has 0 saturated heterocycles. The van der Waals surface area contributed by atoms with Crippen LogP contribution in [0.2, 0.25) is 0 Å². The molecule has 110 valence electrons. The summed E-state index contributed by atoms with van der Waals surface area (Å²) in [6.45, 7) is 11.7. The number of allylic oxidation sites excluding steroid dienone is 1. The van der Waals surface area contributed by atoms with Crippen molar-refractivity contribution in [1.29, 1.82) is 0 Å². The lowest BCUT2D eigenvalue weighted by atomic mass is 9.88. The van der Waals surface area contributed by atoms with Crippen molar-refractivity contribution in [2.24, 2.45) is 0 Å². The fourth-order valence-corrected chi connectivity index (χ4v) is 2.51. The fourth-order valence-electron chi connectivity index (χ4n) is 2.11. The van der Waals surface area contributed by atoms with E-state index in [-0.39, 0.29) is 5.41 Å². The summed E-state index contributed by atoms with van der Waals surface area (Å²) in [7, 11) is 0. The quantitative estimate of drug-likeness (QED) is 0.620. The third-order valence-electron chi connectivity index (χ3n) is 3.52. The molecule has 2 aromatic heterocycles. The van der Waals surface area contributed by atoms with Crippen LogP contribution in [0.4, 0.5) is 0 Å². The summed E-state index contributed by atoms with van der Waals surface area (Å²) in [5, 5.41) is 0. The largest absolute Gasteiger partial charge is 0.245 e. The van der Waals surface area contributed by atoms with Gasteiger partial charge >= 0.3 is 0 Å². The van der Waals surface area contributed by atoms with Crippen LogP contribution in [0, 0.1) is 0 Å². The molecular formula is C18H24N2S+2. The van der Waals surface area contributed by atoms with E-state index in [4.69, 9.17) is 0 Å². The summed E-state index contributed by atoms with van der Waals surface area (Å²) >= 11 is 1.75. The molecule has 0 saturated carbocycles. The third kappa shape index (κ3) is 4.18. The summed E-state index contributed by atoms with van der Waals surface area (Å²) in [5.74, 6) is 0. The van der Waals surface area contributed by atoms with Crippen LogP contribution in [-0.2, 0) is 12.0 Å². The molecule has 0 N–H and O–H groups in total. The zero-order valence-electron chi connectivity index (χ0n) is 13.3. The van der Waals surface area contributed by atoms with Crippen molar-refractivity contribution in [3.8, 4) is 0 Å². The van der Waals surface area contributed by atoms with Crippen LogP contribution in [0.25, 0.3) is 5.70 Å². The van der Waals surface area contributed by atoms with Crippen LogP contribution in [0.1, 0.15) is 26.3 Å². The minimum Gasteiger partial charge on any atom is -0.195 e. The van der Waals surface area contributed by atoms with Gasteiger partial charge in [0.05, 0.1) is 0 Å². The highest BCUT2D eigenvalue weighted by Gasteiger charge is 2.17. The van der Waals surface area contributed by atoms with Crippen molar-refractivity contribution in [3.05, 3.63) is 61.2 Å². The molecule has 0 spiro atoms. The van der Waals surface area contributed by atoms with Crippen LogP contribution in [-0.4, -0.2) is 6.26 Å². The molecule has 0 amide bonds. The molecular weight excluding hydrogens is 276 g/mol. The Hall–Kier alpha value is -1.61. The van der Waals surface area contributed by atoms with Gasteiger partial charge in [0.1, 0.15) is 0 Å². The molecule has 2 rings (SSSR count). The predicted octanol–water partition coefficient (Wildman–Crippen LogP) is 3.45. The number of rotatable bonds is 4. The minimum absolute atomic E-state index is 0.193. The topological polar surface area (TPSA) is 7.76 Å². The van der Waals surface area contributed by atoms with Gasteiger partial charge in [0.25, 0.3) is 0 Å². The Morgan fingerprint density at radius 1 is 1.05 bits per heavy atom. The van der Waals surface area contributed by atoms with E-state index >= 15 is 0 Å². The van der Waals surface area contributed by atoms with Crippen molar-refractivity contribution < 1.29 is 9.13 Å². The number of hydrogen-bond donors (Lipinski definition) is 0. The second-order valence-corrected chi connectivity index (χ2v) is 7.10. The van der Waals surface area contributed by atoms with E-state index in [0.717, 1.165) is 12.2 Å². The van der Waals surface area contributed by atoms with Gasteiger partial charge in [-0.2, -0.15) is 9.13 Å². The van der Waals surface area contributed by atoms with Crippen LogP contribution < -0.4 is 9.13 Å². The number of aromatic nitrogens is 2. The monoisotopic (exact) mass is 300 g/mol. The second-order valence-electron chi connectivity index (χ2n) is 6.22. The Labute approximate surface area is 132 Å². The van der Waals surface area contributed by atoms with Crippen molar-refractivity contribution in [3.63, 3.8) is 0 Å². The number of pyridine rings is 2. The highest BCUT2D eigenvalue weighted by atomic mass is 32.2. The first-order chi connectivity index (χ1) is 9.90. The number of nitrogens with zero attached hydrogens (tertiary/aromatic N) is 2. The van der Waals surface area contributed by atoms with Gasteiger partial charge in [-0.25, -0.2) is 0 Å². The van der Waals surface area contributed by atoms with Crippen LogP contribution in [0.5, 0.6) is 0 Å². The maximum Gasteiger partial charge on any atom is 0.245 e. The molecule has 0 aliphatic carbocycles. The van der Waals surface area contributed by atoms with Gasteiger partial charge < -0.3 is 0 Å². The summed E-state index contributed by atoms with van der Waals surface area (Å²) in [6.07, 6.45) is 10.5. The Morgan fingerprint density at radius 2 is 1.62 bits per heavy atom. The van der Waals surface area contributed by atoms with E-state index in [2.05, 4.69) is 91.8 Å². The fraction of sp³-hybridized carbons (Fsp3) is 0.333. The molecule has 0 aliphatic rings. The van der Waals surface area contributed by atoms with E-state index in [1.807, 2.05) is 0 Å². The predicted molar refractivity (Wildman–Crippen MR) is 89.1 cm³/mol. The lowest BCUT2D eigenvalue weighted by Gasteiger charge is -2.17. The summed E-state index contributed by atoms with van der Waals surface area (Å²) in [6, 6.07) is 8.61. The number of hydrogen-bond acceptors (Lipinski definition) is 1. The van der Waals surface area contributed by atoms with Gasteiger partial charge in [0, 0.05) is 29.2 Å². The van der Waals surface area contributed by atoms with Crippen LogP contribution in [0.15, 0.2) is 60.5 Å². The average molecular weight is 300 g/mol. The molecule has 0 radical (unpaired) electrons. The summed E-state index contributed by atoms with van der Waals surface area (Å²) in [5.41, 5.74) is 2.59. The Morgan fingerprint density at radius 3 is 2.10 bits per heavy atom. The molecule has 0 atom stereocenters. The van der Waals surface area contributed by atoms with Crippen molar-refractivity contribution in [1.82, 2.24) is 0 Å². The third-order valence-corrected chi connectivity index (χ3v) is 4.27. The van der Waals surface area contributed by atoms with Crippen molar-refractivity contribution >= 4 is 17.5 Å². The smallest absolute Gasteiger partial charge is 0.195 e. The van der Waals surface area contributed by atoms with Crippen molar-refractivity contribution in [2.45, 2.75) is 37.6 Å². The molecule has 0 aromatic carbocycles. The first kappa shape index (κ1) is 15.8. The highest BCUT2D eigenvalue weighted by molar-refractivity contribution is 7.98. The van der Waals surface area contributed by atoms with Crippen LogP contribution >= 0.6 is 11.8 Å². The van der Waals surface area contributed by atoms with Gasteiger partial charge in [0.15, 0.2) is 24.8 Å². The molecule has 3 heteroatoms. The molecule has 2 heterocycles. The molecule has 2 nitrogen and oxygen atoms in total. The van der Waals surface area contributed by atoms with E-state index in [1.54, 1.807) is 11.8 Å². The molecule has 0 unspecified atom stereocenters. The van der Waals surface area contributed by atoms with Gasteiger partial charge in [-0.05, 0) is 23.8 Å². The van der Waals surface area contributed by atoms with Crippen molar-refractivity contribution in [2.75, 3.05) is 6.26 Å². The van der Waals surface area contributed by atoms with Gasteiger partial charge in [-0.15, -0.1) is 11.8 Å². The maximum atomic E-state index is 4.18. The standard InChI is InChI=1S/C18H24N2S/c1-15(20-12-8-17(21-5)9-13-20)14-19-10-6-16(7-11-19)18(2,3)4/h6-13H,1,14H2,2-5H3/q+2. The second kappa shape index (κ2) is 6.44. The van der Waals surface area contributed by atoms with Crippen LogP contribution in [0.3, 0.4) is 0 Å². The lowest BCUT2D eigenvalue weighted by molar-refractivity contribution is -0.709. The van der Waals surface area contributed by atoms with E-state index in [9.17, 15) is 0 Å². The van der Waals surface area contributed by atoms with Gasteiger partial charge in [-0.1, -0.05) is 20.8 Å². The molecule has 0 aliphatic heterocycles. The zero-order valence-corrected chi connectivity index (χ0v) is 14.2.